The maximum atomic E-state index is 11.8. The van der Waals surface area contributed by atoms with Crippen LogP contribution in [0.2, 0.25) is 0 Å². The van der Waals surface area contributed by atoms with Crippen molar-refractivity contribution in [2.45, 2.75) is 19.4 Å². The van der Waals surface area contributed by atoms with Crippen molar-refractivity contribution >= 4 is 5.91 Å². The van der Waals surface area contributed by atoms with Gasteiger partial charge in [-0.25, -0.2) is 9.97 Å². The van der Waals surface area contributed by atoms with E-state index in [-0.39, 0.29) is 30.2 Å². The van der Waals surface area contributed by atoms with Crippen molar-refractivity contribution in [3.8, 4) is 11.9 Å². The van der Waals surface area contributed by atoms with Gasteiger partial charge in [0.2, 0.25) is 11.6 Å². The molecule has 0 bridgehead atoms. The Bertz CT molecular complexity index is 515. The molecule has 1 aliphatic rings. The van der Waals surface area contributed by atoms with Gasteiger partial charge in [-0.15, -0.1) is 0 Å². The molecule has 0 spiro atoms. The highest BCUT2D eigenvalue weighted by molar-refractivity contribution is 5.77. The predicted octanol–water partition coefficient (Wildman–Crippen LogP) is 0.364. The molecule has 1 saturated heterocycles. The lowest BCUT2D eigenvalue weighted by Gasteiger charge is -2.16. The van der Waals surface area contributed by atoms with Crippen LogP contribution in [-0.4, -0.2) is 53.2 Å². The third-order valence-electron chi connectivity index (χ3n) is 2.98. The van der Waals surface area contributed by atoms with Crippen molar-refractivity contribution in [2.75, 3.05) is 26.3 Å². The Morgan fingerprint density at radius 1 is 1.55 bits per heavy atom. The summed E-state index contributed by atoms with van der Waals surface area (Å²) in [5.74, 6) is 0.178. The minimum absolute atomic E-state index is 0.0439. The van der Waals surface area contributed by atoms with Crippen LogP contribution in [0.4, 0.5) is 0 Å². The summed E-state index contributed by atoms with van der Waals surface area (Å²) in [6.07, 6.45) is 3.46. The van der Waals surface area contributed by atoms with E-state index in [4.69, 9.17) is 14.7 Å². The third kappa shape index (κ3) is 3.42. The first kappa shape index (κ1) is 14.2. The fourth-order valence-corrected chi connectivity index (χ4v) is 1.98. The second-order valence-electron chi connectivity index (χ2n) is 4.33. The van der Waals surface area contributed by atoms with Crippen molar-refractivity contribution in [3.63, 3.8) is 0 Å². The Kier molecular flexibility index (Phi) is 4.85. The summed E-state index contributed by atoms with van der Waals surface area (Å²) in [6.45, 7) is 3.56. The number of likely N-dealkylation sites (tertiary alicyclic amines) is 1. The average Bonchev–Trinajstić information content (AvgIpc) is 2.94. The number of carbonyl (C=O) groups excluding carboxylic acids is 1. The third-order valence-corrected chi connectivity index (χ3v) is 2.98. The van der Waals surface area contributed by atoms with E-state index >= 15 is 0 Å². The van der Waals surface area contributed by atoms with Gasteiger partial charge in [0.1, 0.15) is 18.8 Å². The first-order chi connectivity index (χ1) is 9.74. The molecular formula is C13H16N4O3. The minimum Gasteiger partial charge on any atom is -0.470 e. The van der Waals surface area contributed by atoms with Crippen molar-refractivity contribution in [1.29, 1.82) is 5.26 Å². The zero-order valence-electron chi connectivity index (χ0n) is 11.3. The molecule has 0 saturated carbocycles. The highest BCUT2D eigenvalue weighted by Crippen LogP contribution is 2.18. The van der Waals surface area contributed by atoms with Gasteiger partial charge in [0.15, 0.2) is 0 Å². The van der Waals surface area contributed by atoms with Crippen molar-refractivity contribution in [3.05, 3.63) is 18.1 Å². The molecule has 1 amide bonds. The van der Waals surface area contributed by atoms with E-state index in [2.05, 4.69) is 9.97 Å². The van der Waals surface area contributed by atoms with E-state index in [1.807, 2.05) is 13.0 Å². The van der Waals surface area contributed by atoms with Gasteiger partial charge in [0, 0.05) is 32.0 Å². The number of rotatable bonds is 5. The molecule has 1 aliphatic heterocycles. The number of amides is 1. The van der Waals surface area contributed by atoms with Crippen LogP contribution < -0.4 is 4.74 Å². The lowest BCUT2D eigenvalue weighted by atomic mass is 10.3. The standard InChI is InChI=1S/C13H16N4O3/c1-2-19-9-12(18)17-6-3-10(8-17)20-13-11(7-14)15-4-5-16-13/h4-5,10H,2-3,6,8-9H2,1H3. The van der Waals surface area contributed by atoms with Crippen molar-refractivity contribution < 1.29 is 14.3 Å². The first-order valence-corrected chi connectivity index (χ1v) is 6.48. The Morgan fingerprint density at radius 2 is 2.35 bits per heavy atom. The van der Waals surface area contributed by atoms with Gasteiger partial charge in [-0.05, 0) is 6.92 Å². The number of nitrogens with zero attached hydrogens (tertiary/aromatic N) is 4. The van der Waals surface area contributed by atoms with Gasteiger partial charge >= 0.3 is 0 Å². The Hall–Kier alpha value is -2.20. The highest BCUT2D eigenvalue weighted by atomic mass is 16.5. The first-order valence-electron chi connectivity index (χ1n) is 6.48. The molecule has 1 atom stereocenters. The summed E-state index contributed by atoms with van der Waals surface area (Å²) in [5, 5.41) is 8.92. The van der Waals surface area contributed by atoms with Crippen molar-refractivity contribution in [2.24, 2.45) is 0 Å². The van der Waals surface area contributed by atoms with Crippen molar-refractivity contribution in [1.82, 2.24) is 14.9 Å². The summed E-state index contributed by atoms with van der Waals surface area (Å²) in [7, 11) is 0. The molecule has 106 valence electrons. The average molecular weight is 276 g/mol. The van der Waals surface area contributed by atoms with E-state index in [1.165, 1.54) is 12.4 Å². The maximum absolute atomic E-state index is 11.8. The zero-order valence-corrected chi connectivity index (χ0v) is 11.3. The van der Waals surface area contributed by atoms with Crippen LogP contribution in [0.25, 0.3) is 0 Å². The number of ether oxygens (including phenoxy) is 2. The monoisotopic (exact) mass is 276 g/mol. The Balaban J connectivity index is 1.90. The van der Waals surface area contributed by atoms with Crippen LogP contribution in [0.5, 0.6) is 5.88 Å². The molecule has 2 heterocycles. The number of hydrogen-bond donors (Lipinski definition) is 0. The summed E-state index contributed by atoms with van der Waals surface area (Å²) < 4.78 is 10.8. The van der Waals surface area contributed by atoms with Gasteiger partial charge in [0.05, 0.1) is 6.54 Å². The van der Waals surface area contributed by atoms with Crippen LogP contribution in [0.15, 0.2) is 12.4 Å². The molecular weight excluding hydrogens is 260 g/mol. The summed E-state index contributed by atoms with van der Waals surface area (Å²) in [4.78, 5) is 21.4. The van der Waals surface area contributed by atoms with E-state index in [0.717, 1.165) is 0 Å². The van der Waals surface area contributed by atoms with E-state index in [9.17, 15) is 4.79 Å². The van der Waals surface area contributed by atoms with Gasteiger partial charge in [-0.3, -0.25) is 4.79 Å². The second kappa shape index (κ2) is 6.82. The second-order valence-corrected chi connectivity index (χ2v) is 4.33. The van der Waals surface area contributed by atoms with Gasteiger partial charge in [-0.2, -0.15) is 5.26 Å². The molecule has 2 rings (SSSR count). The van der Waals surface area contributed by atoms with E-state index < -0.39 is 0 Å². The minimum atomic E-state index is -0.163. The molecule has 0 N–H and O–H groups in total. The zero-order chi connectivity index (χ0) is 14.4. The lowest BCUT2D eigenvalue weighted by Crippen LogP contribution is -2.33. The number of hydrogen-bond acceptors (Lipinski definition) is 6. The Morgan fingerprint density at radius 3 is 3.10 bits per heavy atom. The molecule has 0 radical (unpaired) electrons. The number of aromatic nitrogens is 2. The van der Waals surface area contributed by atoms with Crippen LogP contribution >= 0.6 is 0 Å². The van der Waals surface area contributed by atoms with E-state index in [1.54, 1.807) is 4.90 Å². The number of nitriles is 1. The van der Waals surface area contributed by atoms with Crippen LogP contribution in [0, 0.1) is 11.3 Å². The molecule has 1 unspecified atom stereocenters. The van der Waals surface area contributed by atoms with Crippen LogP contribution in [-0.2, 0) is 9.53 Å². The number of carbonyl (C=O) groups is 1. The topological polar surface area (TPSA) is 88.3 Å². The molecule has 7 nitrogen and oxygen atoms in total. The van der Waals surface area contributed by atoms with E-state index in [0.29, 0.717) is 26.1 Å². The smallest absolute Gasteiger partial charge is 0.251 e. The molecule has 0 aromatic carbocycles. The normalized spacial score (nSPS) is 17.8. The van der Waals surface area contributed by atoms with Gasteiger partial charge in [0.25, 0.3) is 5.88 Å². The SMILES string of the molecule is CCOCC(=O)N1CCC(Oc2nccnc2C#N)C1. The van der Waals surface area contributed by atoms with Crippen LogP contribution in [0.1, 0.15) is 19.0 Å². The highest BCUT2D eigenvalue weighted by Gasteiger charge is 2.28. The Labute approximate surface area is 117 Å². The molecule has 7 heteroatoms. The van der Waals surface area contributed by atoms with Gasteiger partial charge in [-0.1, -0.05) is 0 Å². The largest absolute Gasteiger partial charge is 0.470 e. The summed E-state index contributed by atoms with van der Waals surface area (Å²) >= 11 is 0. The fourth-order valence-electron chi connectivity index (χ4n) is 1.98. The lowest BCUT2D eigenvalue weighted by molar-refractivity contribution is -0.135. The van der Waals surface area contributed by atoms with Gasteiger partial charge < -0.3 is 14.4 Å². The fraction of sp³-hybridized carbons (Fsp3) is 0.538. The molecule has 20 heavy (non-hydrogen) atoms. The summed E-state index contributed by atoms with van der Waals surface area (Å²) in [5.41, 5.74) is 0.159. The predicted molar refractivity (Wildman–Crippen MR) is 68.9 cm³/mol. The quantitative estimate of drug-likeness (QED) is 0.771. The molecule has 0 aliphatic carbocycles. The van der Waals surface area contributed by atoms with Crippen LogP contribution in [0.3, 0.4) is 0 Å². The molecule has 1 aromatic rings. The molecule has 1 aromatic heterocycles. The maximum Gasteiger partial charge on any atom is 0.251 e. The molecule has 1 fully saturated rings. The summed E-state index contributed by atoms with van der Waals surface area (Å²) in [6, 6.07) is 1.93.